The molecule has 3 fully saturated rings. The van der Waals surface area contributed by atoms with Crippen LogP contribution >= 0.6 is 0 Å². The van der Waals surface area contributed by atoms with Crippen molar-refractivity contribution in [3.05, 3.63) is 24.0 Å². The number of amides is 1. The fraction of sp³-hybridized carbons (Fsp3) is 0.667. The number of fused-ring (bicyclic) bond motifs is 1. The summed E-state index contributed by atoms with van der Waals surface area (Å²) in [6, 6.07) is 1.98. The molecule has 0 radical (unpaired) electrons. The van der Waals surface area contributed by atoms with E-state index in [4.69, 9.17) is 14.6 Å². The lowest BCUT2D eigenvalue weighted by Crippen LogP contribution is -2.55. The summed E-state index contributed by atoms with van der Waals surface area (Å²) in [5.41, 5.74) is 0.573. The second-order valence-corrected chi connectivity index (χ2v) is 8.39. The zero-order chi connectivity index (χ0) is 21.7. The van der Waals surface area contributed by atoms with Crippen LogP contribution in [0.3, 0.4) is 0 Å². The van der Waals surface area contributed by atoms with Gasteiger partial charge in [0.05, 0.1) is 25.0 Å². The Bertz CT molecular complexity index is 725. The molecule has 4 atom stereocenters. The number of aliphatic hydroxyl groups is 1. The van der Waals surface area contributed by atoms with Crippen LogP contribution in [-0.4, -0.2) is 108 Å². The third-order valence-electron chi connectivity index (χ3n) is 6.60. The lowest BCUT2D eigenvalue weighted by Gasteiger charge is -2.44. The molecule has 9 nitrogen and oxygen atoms in total. The van der Waals surface area contributed by atoms with Crippen LogP contribution in [0.5, 0.6) is 5.75 Å². The smallest absolute Gasteiger partial charge is 0.290 e. The van der Waals surface area contributed by atoms with Gasteiger partial charge in [-0.05, 0) is 37.8 Å². The highest BCUT2D eigenvalue weighted by Crippen LogP contribution is 2.39. The lowest BCUT2D eigenvalue weighted by atomic mass is 9.77. The average Bonchev–Trinajstić information content (AvgIpc) is 3.16. The van der Waals surface area contributed by atoms with Crippen molar-refractivity contribution in [3.8, 4) is 5.75 Å². The largest absolute Gasteiger partial charge is 0.495 e. The van der Waals surface area contributed by atoms with Crippen LogP contribution < -0.4 is 4.74 Å². The Kier molecular flexibility index (Phi) is 7.63. The van der Waals surface area contributed by atoms with Gasteiger partial charge in [-0.1, -0.05) is 0 Å². The third kappa shape index (κ3) is 5.08. The first-order valence-corrected chi connectivity index (χ1v) is 10.4. The summed E-state index contributed by atoms with van der Waals surface area (Å²) in [5, 5.41) is 17.6. The Morgan fingerprint density at radius 3 is 2.43 bits per heavy atom. The van der Waals surface area contributed by atoms with Crippen molar-refractivity contribution in [2.45, 2.75) is 25.0 Å². The first kappa shape index (κ1) is 22.5. The standard InChI is InChI=1S/C20H30N4O3.CH2O2/c1-22-3-5-23(6-4-22)18-8-15-12-24(13-16(15)9-19(18)25)20(26)14-7-17(27-2)11-21-10-14;2-1-3/h7,10-11,15-16,18-19,25H,3-6,8-9,12-13H2,1-2H3;1H,(H,2,3)/t15-,16+,18-,19-;/m1./s1. The number of carbonyl (C=O) groups is 2. The predicted octanol–water partition coefficient (Wildman–Crippen LogP) is 0.250. The van der Waals surface area contributed by atoms with Gasteiger partial charge in [0, 0.05) is 51.5 Å². The number of rotatable bonds is 3. The van der Waals surface area contributed by atoms with Gasteiger partial charge in [0.25, 0.3) is 12.4 Å². The van der Waals surface area contributed by atoms with Gasteiger partial charge in [-0.15, -0.1) is 0 Å². The Hall–Kier alpha value is -2.23. The SMILES string of the molecule is COc1cncc(C(=O)N2C[C@H]3C[C@@H](N4CCN(C)CC4)[C@H](O)C[C@H]3C2)c1.O=CO. The maximum absolute atomic E-state index is 12.9. The van der Waals surface area contributed by atoms with Gasteiger partial charge >= 0.3 is 0 Å². The summed E-state index contributed by atoms with van der Waals surface area (Å²) >= 11 is 0. The molecule has 9 heteroatoms. The summed E-state index contributed by atoms with van der Waals surface area (Å²) in [7, 11) is 3.73. The average molecular weight is 421 g/mol. The summed E-state index contributed by atoms with van der Waals surface area (Å²) in [5.74, 6) is 1.48. The number of carbonyl (C=O) groups excluding carboxylic acids is 1. The molecule has 0 bridgehead atoms. The molecule has 166 valence electrons. The third-order valence-corrected chi connectivity index (χ3v) is 6.60. The second-order valence-electron chi connectivity index (χ2n) is 8.39. The highest BCUT2D eigenvalue weighted by atomic mass is 16.5. The Labute approximate surface area is 177 Å². The van der Waals surface area contributed by atoms with Crippen LogP contribution in [0, 0.1) is 11.8 Å². The number of aromatic nitrogens is 1. The molecule has 2 aliphatic heterocycles. The van der Waals surface area contributed by atoms with Crippen molar-refractivity contribution in [2.24, 2.45) is 11.8 Å². The second kappa shape index (κ2) is 10.2. The minimum Gasteiger partial charge on any atom is -0.495 e. The molecule has 1 aromatic rings. The first-order valence-electron chi connectivity index (χ1n) is 10.4. The number of likely N-dealkylation sites (tertiary alicyclic amines) is 1. The van der Waals surface area contributed by atoms with Crippen LogP contribution in [0.1, 0.15) is 23.2 Å². The minimum absolute atomic E-state index is 0.0152. The maximum Gasteiger partial charge on any atom is 0.290 e. The lowest BCUT2D eigenvalue weighted by molar-refractivity contribution is -0.122. The molecule has 30 heavy (non-hydrogen) atoms. The molecule has 1 amide bonds. The van der Waals surface area contributed by atoms with Crippen LogP contribution in [0.2, 0.25) is 0 Å². The quantitative estimate of drug-likeness (QED) is 0.671. The van der Waals surface area contributed by atoms with E-state index < -0.39 is 0 Å². The van der Waals surface area contributed by atoms with Crippen LogP contribution in [-0.2, 0) is 4.79 Å². The number of likely N-dealkylation sites (N-methyl/N-ethyl adjacent to an activating group) is 1. The first-order chi connectivity index (χ1) is 14.5. The highest BCUT2D eigenvalue weighted by molar-refractivity contribution is 5.94. The summed E-state index contributed by atoms with van der Waals surface area (Å²) in [6.07, 6.45) is 4.70. The molecule has 1 aliphatic carbocycles. The number of hydrogen-bond donors (Lipinski definition) is 2. The van der Waals surface area contributed by atoms with Gasteiger partial charge in [-0.2, -0.15) is 0 Å². The molecule has 0 unspecified atom stereocenters. The van der Waals surface area contributed by atoms with Gasteiger partial charge < -0.3 is 24.7 Å². The van der Waals surface area contributed by atoms with E-state index in [0.717, 1.165) is 52.1 Å². The van der Waals surface area contributed by atoms with Crippen molar-refractivity contribution >= 4 is 12.4 Å². The number of nitrogens with zero attached hydrogens (tertiary/aromatic N) is 4. The number of methoxy groups -OCH3 is 1. The number of carboxylic acid groups (broad SMARTS) is 1. The molecular weight excluding hydrogens is 388 g/mol. The molecule has 0 spiro atoms. The molecule has 3 aliphatic rings. The zero-order valence-electron chi connectivity index (χ0n) is 17.7. The van der Waals surface area contributed by atoms with Crippen LogP contribution in [0.15, 0.2) is 18.5 Å². The normalized spacial score (nSPS) is 29.5. The number of ether oxygens (including phenoxy) is 1. The minimum atomic E-state index is -0.289. The molecule has 3 heterocycles. The van der Waals surface area contributed by atoms with Gasteiger partial charge in [0.2, 0.25) is 0 Å². The van der Waals surface area contributed by atoms with E-state index in [2.05, 4.69) is 21.8 Å². The van der Waals surface area contributed by atoms with Gasteiger partial charge in [-0.3, -0.25) is 19.5 Å². The van der Waals surface area contributed by atoms with E-state index in [1.807, 2.05) is 4.90 Å². The van der Waals surface area contributed by atoms with Gasteiger partial charge in [0.1, 0.15) is 5.75 Å². The Morgan fingerprint density at radius 2 is 1.80 bits per heavy atom. The van der Waals surface area contributed by atoms with E-state index in [1.165, 1.54) is 0 Å². The predicted molar refractivity (Wildman–Crippen MR) is 110 cm³/mol. The van der Waals surface area contributed by atoms with Gasteiger partial charge in [0.15, 0.2) is 0 Å². The molecule has 1 saturated carbocycles. The fourth-order valence-corrected chi connectivity index (χ4v) is 4.95. The molecule has 4 rings (SSSR count). The topological polar surface area (TPSA) is 106 Å². The zero-order valence-corrected chi connectivity index (χ0v) is 17.7. The van der Waals surface area contributed by atoms with E-state index in [1.54, 1.807) is 25.6 Å². The van der Waals surface area contributed by atoms with E-state index >= 15 is 0 Å². The van der Waals surface area contributed by atoms with Crippen LogP contribution in [0.4, 0.5) is 0 Å². The Morgan fingerprint density at radius 1 is 1.17 bits per heavy atom. The number of aliphatic hydroxyl groups excluding tert-OH is 1. The molecule has 2 N–H and O–H groups in total. The molecule has 1 aromatic heterocycles. The fourth-order valence-electron chi connectivity index (χ4n) is 4.95. The van der Waals surface area contributed by atoms with Gasteiger partial charge in [-0.25, -0.2) is 0 Å². The number of hydrogen-bond acceptors (Lipinski definition) is 7. The van der Waals surface area contributed by atoms with E-state index in [9.17, 15) is 9.90 Å². The number of pyridine rings is 1. The highest BCUT2D eigenvalue weighted by Gasteiger charge is 2.45. The monoisotopic (exact) mass is 420 g/mol. The van der Waals surface area contributed by atoms with Crippen molar-refractivity contribution in [1.82, 2.24) is 19.7 Å². The van der Waals surface area contributed by atoms with Crippen molar-refractivity contribution in [1.29, 1.82) is 0 Å². The van der Waals surface area contributed by atoms with Crippen molar-refractivity contribution < 1.29 is 24.5 Å². The summed E-state index contributed by atoms with van der Waals surface area (Å²) < 4.78 is 5.19. The van der Waals surface area contributed by atoms with Crippen molar-refractivity contribution in [2.75, 3.05) is 53.4 Å². The van der Waals surface area contributed by atoms with E-state index in [-0.39, 0.29) is 24.5 Å². The summed E-state index contributed by atoms with van der Waals surface area (Å²) in [4.78, 5) is 32.1. The molecular formula is C21H32N4O5. The van der Waals surface area contributed by atoms with Crippen molar-refractivity contribution in [3.63, 3.8) is 0 Å². The Balaban J connectivity index is 0.000000806. The summed E-state index contributed by atoms with van der Waals surface area (Å²) in [6.45, 7) is 5.42. The van der Waals surface area contributed by atoms with E-state index in [0.29, 0.717) is 23.1 Å². The number of piperazine rings is 1. The molecule has 2 saturated heterocycles. The van der Waals surface area contributed by atoms with Crippen LogP contribution in [0.25, 0.3) is 0 Å². The maximum atomic E-state index is 12.9. The molecule has 0 aromatic carbocycles.